The number of aryl methyl sites for hydroxylation is 4. The molecule has 160 valence electrons. The van der Waals surface area contributed by atoms with Crippen LogP contribution in [0.5, 0.6) is 0 Å². The molecule has 0 aliphatic heterocycles. The Kier molecular flexibility index (Phi) is 7.22. The van der Waals surface area contributed by atoms with Crippen LogP contribution < -0.4 is 10.6 Å². The minimum Gasteiger partial charge on any atom is -0.330 e. The molecule has 4 rings (SSSR count). The van der Waals surface area contributed by atoms with Gasteiger partial charge in [-0.15, -0.1) is 20.4 Å². The Morgan fingerprint density at radius 2 is 1.13 bits per heavy atom. The largest absolute Gasteiger partial charge is 0.330 e. The van der Waals surface area contributed by atoms with Crippen molar-refractivity contribution < 1.29 is 0 Å². The van der Waals surface area contributed by atoms with E-state index in [0.717, 1.165) is 63.8 Å². The second-order valence-corrected chi connectivity index (χ2v) is 9.68. The molecule has 0 saturated carbocycles. The monoisotopic (exact) mass is 450 g/mol. The summed E-state index contributed by atoms with van der Waals surface area (Å²) in [6.07, 6.45) is 5.27. The highest BCUT2D eigenvalue weighted by molar-refractivity contribution is 7.15. The Balaban J connectivity index is 1.16. The first-order chi connectivity index (χ1) is 15.1. The Hall–Kier alpha value is -2.84. The summed E-state index contributed by atoms with van der Waals surface area (Å²) < 4.78 is 0. The average Bonchev–Trinajstić information content (AvgIpc) is 3.37. The van der Waals surface area contributed by atoms with Gasteiger partial charge < -0.3 is 10.6 Å². The summed E-state index contributed by atoms with van der Waals surface area (Å²) in [6.45, 7) is 4.17. The second kappa shape index (κ2) is 10.5. The first kappa shape index (κ1) is 21.4. The van der Waals surface area contributed by atoms with Crippen LogP contribution in [0.3, 0.4) is 0 Å². The average molecular weight is 451 g/mol. The molecule has 0 saturated heterocycles. The van der Waals surface area contributed by atoms with E-state index in [1.165, 1.54) is 11.1 Å². The molecule has 0 unspecified atom stereocenters. The molecule has 0 fully saturated rings. The maximum atomic E-state index is 4.32. The lowest BCUT2D eigenvalue weighted by Crippen LogP contribution is -1.89. The van der Waals surface area contributed by atoms with Crippen LogP contribution in [-0.4, -0.2) is 20.4 Å². The number of benzene rings is 2. The molecule has 4 aromatic rings. The van der Waals surface area contributed by atoms with Crippen molar-refractivity contribution in [2.75, 3.05) is 10.6 Å². The van der Waals surface area contributed by atoms with Crippen molar-refractivity contribution in [1.29, 1.82) is 0 Å². The number of anilines is 4. The quantitative estimate of drug-likeness (QED) is 0.270. The molecule has 0 spiro atoms. The van der Waals surface area contributed by atoms with E-state index in [1.807, 2.05) is 24.3 Å². The molecule has 2 heterocycles. The van der Waals surface area contributed by atoms with E-state index < -0.39 is 0 Å². The van der Waals surface area contributed by atoms with Crippen molar-refractivity contribution in [2.45, 2.75) is 46.0 Å². The van der Waals surface area contributed by atoms with E-state index in [-0.39, 0.29) is 0 Å². The number of aromatic nitrogens is 4. The lowest BCUT2D eigenvalue weighted by Gasteiger charge is -2.02. The summed E-state index contributed by atoms with van der Waals surface area (Å²) >= 11 is 3.26. The van der Waals surface area contributed by atoms with Crippen LogP contribution in [0.1, 0.15) is 40.4 Å². The molecule has 0 atom stereocenters. The molecule has 6 nitrogen and oxygen atoms in total. The summed E-state index contributed by atoms with van der Waals surface area (Å²) in [5.41, 5.74) is 4.55. The van der Waals surface area contributed by atoms with Gasteiger partial charge in [0.1, 0.15) is 10.0 Å². The summed E-state index contributed by atoms with van der Waals surface area (Å²) in [5, 5.41) is 27.7. The maximum Gasteiger partial charge on any atom is 0.210 e. The normalized spacial score (nSPS) is 10.9. The van der Waals surface area contributed by atoms with E-state index in [1.54, 1.807) is 22.7 Å². The number of nitrogens with one attached hydrogen (secondary N) is 2. The number of unbranched alkanes of at least 4 members (excludes halogenated alkanes) is 2. The van der Waals surface area contributed by atoms with Crippen molar-refractivity contribution in [3.05, 3.63) is 69.7 Å². The van der Waals surface area contributed by atoms with Gasteiger partial charge in [-0.3, -0.25) is 0 Å². The molecular formula is C23H26N6S2. The Morgan fingerprint density at radius 1 is 0.645 bits per heavy atom. The van der Waals surface area contributed by atoms with Crippen LogP contribution >= 0.6 is 22.7 Å². The second-order valence-electron chi connectivity index (χ2n) is 7.55. The van der Waals surface area contributed by atoms with Crippen molar-refractivity contribution >= 4 is 44.3 Å². The van der Waals surface area contributed by atoms with E-state index in [4.69, 9.17) is 0 Å². The fourth-order valence-electron chi connectivity index (χ4n) is 3.23. The van der Waals surface area contributed by atoms with Crippen LogP contribution in [0.15, 0.2) is 48.5 Å². The van der Waals surface area contributed by atoms with Crippen LogP contribution in [0.25, 0.3) is 0 Å². The van der Waals surface area contributed by atoms with Crippen molar-refractivity contribution in [3.63, 3.8) is 0 Å². The molecule has 8 heteroatoms. The third kappa shape index (κ3) is 6.57. The van der Waals surface area contributed by atoms with Crippen LogP contribution in [0.4, 0.5) is 21.6 Å². The standard InChI is InChI=1S/C23H26N6S2/c1-16-8-6-10-18(14-16)24-22-28-26-20(30-22)12-4-3-5-13-21-27-29-23(31-21)25-19-11-7-9-17(2)15-19/h6-11,14-15H,3-5,12-13H2,1-2H3,(H,24,28)(H,25,29). The highest BCUT2D eigenvalue weighted by Crippen LogP contribution is 2.24. The number of hydrogen-bond donors (Lipinski definition) is 2. The lowest BCUT2D eigenvalue weighted by molar-refractivity contribution is 0.669. The molecular weight excluding hydrogens is 424 g/mol. The molecule has 0 aliphatic rings. The highest BCUT2D eigenvalue weighted by Gasteiger charge is 2.07. The number of rotatable bonds is 10. The van der Waals surface area contributed by atoms with E-state index in [9.17, 15) is 0 Å². The molecule has 0 aliphatic carbocycles. The summed E-state index contributed by atoms with van der Waals surface area (Å²) in [6, 6.07) is 16.6. The predicted octanol–water partition coefficient (Wildman–Crippen LogP) is 6.45. The molecule has 0 amide bonds. The molecule has 0 radical (unpaired) electrons. The number of nitrogens with zero attached hydrogens (tertiary/aromatic N) is 4. The van der Waals surface area contributed by atoms with E-state index in [0.29, 0.717) is 0 Å². The zero-order valence-corrected chi connectivity index (χ0v) is 19.4. The van der Waals surface area contributed by atoms with Gasteiger partial charge in [0.2, 0.25) is 10.3 Å². The first-order valence-electron chi connectivity index (χ1n) is 10.5. The summed E-state index contributed by atoms with van der Waals surface area (Å²) in [5.74, 6) is 0. The minimum atomic E-state index is 0.850. The molecule has 2 N–H and O–H groups in total. The van der Waals surface area contributed by atoms with Gasteiger partial charge in [-0.1, -0.05) is 53.4 Å². The zero-order chi connectivity index (χ0) is 21.5. The van der Waals surface area contributed by atoms with Gasteiger partial charge in [-0.25, -0.2) is 0 Å². The molecule has 2 aromatic heterocycles. The molecule has 2 aromatic carbocycles. The highest BCUT2D eigenvalue weighted by atomic mass is 32.1. The van der Waals surface area contributed by atoms with Gasteiger partial charge in [0.25, 0.3) is 0 Å². The van der Waals surface area contributed by atoms with Gasteiger partial charge >= 0.3 is 0 Å². The van der Waals surface area contributed by atoms with E-state index in [2.05, 4.69) is 69.1 Å². The first-order valence-corrected chi connectivity index (χ1v) is 12.1. The third-order valence-electron chi connectivity index (χ3n) is 4.75. The summed E-state index contributed by atoms with van der Waals surface area (Å²) in [4.78, 5) is 0. The van der Waals surface area contributed by atoms with Crippen molar-refractivity contribution in [2.24, 2.45) is 0 Å². The fourth-order valence-corrected chi connectivity index (χ4v) is 4.84. The van der Waals surface area contributed by atoms with Crippen molar-refractivity contribution in [1.82, 2.24) is 20.4 Å². The third-order valence-corrected chi connectivity index (χ3v) is 6.55. The Bertz CT molecular complexity index is 1030. The van der Waals surface area contributed by atoms with E-state index >= 15 is 0 Å². The maximum absolute atomic E-state index is 4.32. The van der Waals surface area contributed by atoms with Gasteiger partial charge in [0, 0.05) is 24.2 Å². The molecule has 31 heavy (non-hydrogen) atoms. The number of hydrogen-bond acceptors (Lipinski definition) is 8. The topological polar surface area (TPSA) is 75.6 Å². The summed E-state index contributed by atoms with van der Waals surface area (Å²) in [7, 11) is 0. The lowest BCUT2D eigenvalue weighted by atomic mass is 10.1. The Labute approximate surface area is 190 Å². The van der Waals surface area contributed by atoms with Gasteiger partial charge in [-0.2, -0.15) is 0 Å². The minimum absolute atomic E-state index is 0.850. The van der Waals surface area contributed by atoms with Crippen LogP contribution in [-0.2, 0) is 12.8 Å². The van der Waals surface area contributed by atoms with Crippen LogP contribution in [0.2, 0.25) is 0 Å². The fraction of sp³-hybridized carbons (Fsp3) is 0.304. The van der Waals surface area contributed by atoms with Gasteiger partial charge in [-0.05, 0) is 62.1 Å². The van der Waals surface area contributed by atoms with Gasteiger partial charge in [0.15, 0.2) is 0 Å². The smallest absolute Gasteiger partial charge is 0.210 e. The molecule has 0 bridgehead atoms. The predicted molar refractivity (Wildman–Crippen MR) is 130 cm³/mol. The Morgan fingerprint density at radius 3 is 1.58 bits per heavy atom. The SMILES string of the molecule is Cc1cccc(Nc2nnc(CCCCCc3nnc(Nc4cccc(C)c4)s3)s2)c1. The zero-order valence-electron chi connectivity index (χ0n) is 17.8. The van der Waals surface area contributed by atoms with Crippen molar-refractivity contribution in [3.8, 4) is 0 Å². The van der Waals surface area contributed by atoms with Crippen LogP contribution in [0, 0.1) is 13.8 Å². The van der Waals surface area contributed by atoms with Gasteiger partial charge in [0.05, 0.1) is 0 Å².